The van der Waals surface area contributed by atoms with Gasteiger partial charge < -0.3 is 10.2 Å². The molecule has 0 saturated carbocycles. The number of nitrogens with zero attached hydrogens (tertiary/aromatic N) is 1. The molecule has 0 atom stereocenters. The van der Waals surface area contributed by atoms with Crippen molar-refractivity contribution in [1.29, 1.82) is 0 Å². The van der Waals surface area contributed by atoms with Crippen molar-refractivity contribution in [3.63, 3.8) is 0 Å². The highest BCUT2D eigenvalue weighted by Gasteiger charge is 2.10. The fraction of sp³-hybridized carbons (Fsp3) is 0. The number of oxazole rings is 1. The number of fused-ring (bicyclic) bond motifs is 1. The van der Waals surface area contributed by atoms with Crippen molar-refractivity contribution in [2.75, 3.05) is 5.73 Å². The maximum Gasteiger partial charge on any atom is 0.261 e. The lowest BCUT2D eigenvalue weighted by Crippen LogP contribution is -1.89. The van der Waals surface area contributed by atoms with E-state index in [-0.39, 0.29) is 0 Å². The van der Waals surface area contributed by atoms with Crippen molar-refractivity contribution in [3.05, 3.63) is 47.5 Å². The van der Waals surface area contributed by atoms with Crippen LogP contribution in [-0.2, 0) is 0 Å². The Morgan fingerprint density at radius 3 is 2.78 bits per heavy atom. The standard InChI is InChI=1S/C13H9ClN2OS/c14-8-4-3-7-11(12(8)15)18-13-16-9-5-1-2-6-10(9)17-13/h1-7H,15H2. The lowest BCUT2D eigenvalue weighted by atomic mass is 10.3. The summed E-state index contributed by atoms with van der Waals surface area (Å²) >= 11 is 7.34. The second-order valence-electron chi connectivity index (χ2n) is 3.70. The van der Waals surface area contributed by atoms with Gasteiger partial charge in [-0.1, -0.05) is 29.8 Å². The number of hydrogen-bond acceptors (Lipinski definition) is 4. The van der Waals surface area contributed by atoms with E-state index < -0.39 is 0 Å². The van der Waals surface area contributed by atoms with Gasteiger partial charge in [-0.15, -0.1) is 0 Å². The maximum atomic E-state index is 5.97. The van der Waals surface area contributed by atoms with E-state index in [1.165, 1.54) is 11.8 Å². The zero-order valence-corrected chi connectivity index (χ0v) is 10.8. The summed E-state index contributed by atoms with van der Waals surface area (Å²) in [6.45, 7) is 0. The highest BCUT2D eigenvalue weighted by molar-refractivity contribution is 7.99. The van der Waals surface area contributed by atoms with Gasteiger partial charge in [0.2, 0.25) is 0 Å². The van der Waals surface area contributed by atoms with Crippen LogP contribution in [-0.4, -0.2) is 4.98 Å². The number of aromatic nitrogens is 1. The van der Waals surface area contributed by atoms with Crippen LogP contribution < -0.4 is 5.73 Å². The Morgan fingerprint density at radius 1 is 1.11 bits per heavy atom. The molecule has 0 saturated heterocycles. The summed E-state index contributed by atoms with van der Waals surface area (Å²) < 4.78 is 5.62. The quantitative estimate of drug-likeness (QED) is 0.712. The van der Waals surface area contributed by atoms with Crippen molar-refractivity contribution in [3.8, 4) is 0 Å². The predicted molar refractivity (Wildman–Crippen MR) is 74.0 cm³/mol. The van der Waals surface area contributed by atoms with E-state index in [4.69, 9.17) is 21.8 Å². The van der Waals surface area contributed by atoms with Crippen LogP contribution in [0.1, 0.15) is 0 Å². The molecule has 0 radical (unpaired) electrons. The molecule has 0 aliphatic heterocycles. The molecular weight excluding hydrogens is 268 g/mol. The van der Waals surface area contributed by atoms with E-state index in [9.17, 15) is 0 Å². The lowest BCUT2D eigenvalue weighted by Gasteiger charge is -2.03. The molecule has 3 aromatic rings. The van der Waals surface area contributed by atoms with Crippen LogP contribution in [0.4, 0.5) is 5.69 Å². The van der Waals surface area contributed by atoms with Gasteiger partial charge in [0.1, 0.15) is 5.52 Å². The molecule has 0 fully saturated rings. The third-order valence-electron chi connectivity index (χ3n) is 2.48. The fourth-order valence-corrected chi connectivity index (χ4v) is 2.66. The predicted octanol–water partition coefficient (Wildman–Crippen LogP) is 4.21. The van der Waals surface area contributed by atoms with Gasteiger partial charge in [-0.2, -0.15) is 0 Å². The molecule has 0 spiro atoms. The summed E-state index contributed by atoms with van der Waals surface area (Å²) in [7, 11) is 0. The first kappa shape index (κ1) is 11.4. The van der Waals surface area contributed by atoms with Crippen LogP contribution in [0.15, 0.2) is 57.0 Å². The van der Waals surface area contributed by atoms with Gasteiger partial charge in [-0.3, -0.25) is 0 Å². The summed E-state index contributed by atoms with van der Waals surface area (Å²) in [5.74, 6) is 0. The number of para-hydroxylation sites is 3. The number of nitrogens with two attached hydrogens (primary N) is 1. The minimum atomic E-state index is 0.538. The minimum Gasteiger partial charge on any atom is -0.431 e. The van der Waals surface area contributed by atoms with E-state index in [0.29, 0.717) is 15.9 Å². The van der Waals surface area contributed by atoms with Crippen molar-refractivity contribution in [2.45, 2.75) is 10.1 Å². The number of benzene rings is 2. The van der Waals surface area contributed by atoms with E-state index in [2.05, 4.69) is 4.98 Å². The fourth-order valence-electron chi connectivity index (χ4n) is 1.60. The second-order valence-corrected chi connectivity index (χ2v) is 5.10. The third kappa shape index (κ3) is 2.05. The molecule has 18 heavy (non-hydrogen) atoms. The smallest absolute Gasteiger partial charge is 0.261 e. The molecule has 90 valence electrons. The summed E-state index contributed by atoms with van der Waals surface area (Å²) in [4.78, 5) is 5.22. The molecule has 1 aromatic heterocycles. The third-order valence-corrected chi connectivity index (χ3v) is 3.74. The molecule has 2 N–H and O–H groups in total. The molecule has 0 amide bonds. The highest BCUT2D eigenvalue weighted by atomic mass is 35.5. The number of hydrogen-bond donors (Lipinski definition) is 1. The topological polar surface area (TPSA) is 52.0 Å². The summed E-state index contributed by atoms with van der Waals surface area (Å²) in [6, 6.07) is 13.1. The molecule has 2 aromatic carbocycles. The van der Waals surface area contributed by atoms with Crippen LogP contribution in [0.2, 0.25) is 5.02 Å². The summed E-state index contributed by atoms with van der Waals surface area (Å²) in [5.41, 5.74) is 8.05. The first-order valence-electron chi connectivity index (χ1n) is 5.31. The SMILES string of the molecule is Nc1c(Cl)cccc1Sc1nc2ccccc2o1. The molecule has 0 unspecified atom stereocenters. The molecule has 0 aliphatic rings. The van der Waals surface area contributed by atoms with Gasteiger partial charge in [-0.05, 0) is 36.0 Å². The molecule has 0 aliphatic carbocycles. The normalized spacial score (nSPS) is 10.9. The van der Waals surface area contributed by atoms with Gasteiger partial charge in [0, 0.05) is 4.90 Å². The number of rotatable bonds is 2. The maximum absolute atomic E-state index is 5.97. The largest absolute Gasteiger partial charge is 0.431 e. The first-order valence-corrected chi connectivity index (χ1v) is 6.51. The van der Waals surface area contributed by atoms with Crippen molar-refractivity contribution in [1.82, 2.24) is 4.98 Å². The lowest BCUT2D eigenvalue weighted by molar-refractivity contribution is 0.489. The summed E-state index contributed by atoms with van der Waals surface area (Å²) in [5, 5.41) is 1.10. The van der Waals surface area contributed by atoms with Crippen molar-refractivity contribution >= 4 is 40.1 Å². The zero-order chi connectivity index (χ0) is 12.5. The average molecular weight is 277 g/mol. The Labute approximate surface area is 113 Å². The van der Waals surface area contributed by atoms with Gasteiger partial charge in [-0.25, -0.2) is 4.98 Å². The number of nitrogen functional groups attached to an aromatic ring is 1. The van der Waals surface area contributed by atoms with Gasteiger partial charge >= 0.3 is 0 Å². The monoisotopic (exact) mass is 276 g/mol. The Balaban J connectivity index is 1.99. The van der Waals surface area contributed by atoms with Crippen molar-refractivity contribution in [2.24, 2.45) is 0 Å². The molecule has 3 rings (SSSR count). The summed E-state index contributed by atoms with van der Waals surface area (Å²) in [6.07, 6.45) is 0. The molecule has 0 bridgehead atoms. The number of anilines is 1. The van der Waals surface area contributed by atoms with Crippen molar-refractivity contribution < 1.29 is 4.42 Å². The van der Waals surface area contributed by atoms with Gasteiger partial charge in [0.25, 0.3) is 5.22 Å². The Bertz CT molecular complexity index is 678. The molecule has 1 heterocycles. The van der Waals surface area contributed by atoms with Gasteiger partial charge in [0.05, 0.1) is 10.7 Å². The van der Waals surface area contributed by atoms with Gasteiger partial charge in [0.15, 0.2) is 5.58 Å². The number of halogens is 1. The Hall–Kier alpha value is -1.65. The Kier molecular flexibility index (Phi) is 2.89. The molecule has 5 heteroatoms. The molecular formula is C13H9ClN2OS. The zero-order valence-electron chi connectivity index (χ0n) is 9.26. The average Bonchev–Trinajstić information content (AvgIpc) is 2.77. The van der Waals surface area contributed by atoms with Crippen LogP contribution in [0, 0.1) is 0 Å². The molecule has 3 nitrogen and oxygen atoms in total. The van der Waals surface area contributed by atoms with E-state index in [1.54, 1.807) is 6.07 Å². The van der Waals surface area contributed by atoms with E-state index in [1.807, 2.05) is 36.4 Å². The van der Waals surface area contributed by atoms with Crippen LogP contribution in [0.25, 0.3) is 11.1 Å². The second kappa shape index (κ2) is 4.55. The first-order chi connectivity index (χ1) is 8.74. The minimum absolute atomic E-state index is 0.538. The van der Waals surface area contributed by atoms with Crippen LogP contribution in [0.3, 0.4) is 0 Å². The van der Waals surface area contributed by atoms with Crippen LogP contribution >= 0.6 is 23.4 Å². The highest BCUT2D eigenvalue weighted by Crippen LogP contribution is 2.36. The Morgan fingerprint density at radius 2 is 1.94 bits per heavy atom. The van der Waals surface area contributed by atoms with Crippen LogP contribution in [0.5, 0.6) is 0 Å². The van der Waals surface area contributed by atoms with E-state index in [0.717, 1.165) is 16.0 Å². The van der Waals surface area contributed by atoms with E-state index >= 15 is 0 Å².